The molecule has 1 rings (SSSR count). The summed E-state index contributed by atoms with van der Waals surface area (Å²) in [5.74, 6) is 6.85. The van der Waals surface area contributed by atoms with Crippen LogP contribution >= 0.6 is 0 Å². The molecule has 0 aliphatic rings. The average Bonchev–Trinajstić information content (AvgIpc) is 2.29. The summed E-state index contributed by atoms with van der Waals surface area (Å²) in [5, 5.41) is 3.38. The van der Waals surface area contributed by atoms with Crippen LogP contribution in [0.3, 0.4) is 0 Å². The molecule has 0 spiro atoms. The molecule has 1 heterocycles. The molecule has 0 saturated carbocycles. The lowest BCUT2D eigenvalue weighted by Crippen LogP contribution is -2.22. The number of nitrogens with zero attached hydrogens (tertiary/aromatic N) is 2. The fraction of sp³-hybridized carbons (Fsp3) is 0.538. The van der Waals surface area contributed by atoms with Crippen LogP contribution in [0.4, 0.5) is 0 Å². The van der Waals surface area contributed by atoms with Gasteiger partial charge < -0.3 is 5.32 Å². The molecule has 0 aromatic carbocycles. The van der Waals surface area contributed by atoms with Gasteiger partial charge in [-0.3, -0.25) is 0 Å². The van der Waals surface area contributed by atoms with Gasteiger partial charge in [0.25, 0.3) is 0 Å². The first-order valence-electron chi connectivity index (χ1n) is 5.69. The summed E-state index contributed by atoms with van der Waals surface area (Å²) in [7, 11) is 0. The smallest absolute Gasteiger partial charge is 0.145 e. The van der Waals surface area contributed by atoms with Gasteiger partial charge >= 0.3 is 0 Å². The maximum absolute atomic E-state index is 4.35. The lowest BCUT2D eigenvalue weighted by atomic mass is 10.1. The van der Waals surface area contributed by atoms with Crippen LogP contribution in [0, 0.1) is 18.8 Å². The maximum Gasteiger partial charge on any atom is 0.145 e. The predicted octanol–water partition coefficient (Wildman–Crippen LogP) is 2.24. The molecule has 1 aromatic heterocycles. The van der Waals surface area contributed by atoms with Crippen LogP contribution in [0.5, 0.6) is 0 Å². The average molecular weight is 217 g/mol. The van der Waals surface area contributed by atoms with Crippen molar-refractivity contribution in [1.29, 1.82) is 0 Å². The van der Waals surface area contributed by atoms with Crippen LogP contribution in [-0.2, 0) is 0 Å². The summed E-state index contributed by atoms with van der Waals surface area (Å²) < 4.78 is 0. The number of rotatable bonds is 5. The van der Waals surface area contributed by atoms with Crippen LogP contribution < -0.4 is 5.32 Å². The zero-order valence-corrected chi connectivity index (χ0v) is 10.2. The third-order valence-corrected chi connectivity index (χ3v) is 2.30. The second-order valence-electron chi connectivity index (χ2n) is 3.69. The van der Waals surface area contributed by atoms with E-state index in [1.54, 1.807) is 0 Å². The van der Waals surface area contributed by atoms with Crippen molar-refractivity contribution in [3.63, 3.8) is 0 Å². The Labute approximate surface area is 97.7 Å². The summed E-state index contributed by atoms with van der Waals surface area (Å²) in [5.41, 5.74) is 1.09. The molecule has 1 unspecified atom stereocenters. The molecule has 86 valence electrons. The van der Waals surface area contributed by atoms with Crippen molar-refractivity contribution < 1.29 is 0 Å². The summed E-state index contributed by atoms with van der Waals surface area (Å²) in [6, 6.07) is 0.214. The Kier molecular flexibility index (Phi) is 5.52. The molecule has 16 heavy (non-hydrogen) atoms. The van der Waals surface area contributed by atoms with E-state index in [2.05, 4.69) is 34.0 Å². The van der Waals surface area contributed by atoms with Crippen molar-refractivity contribution in [2.75, 3.05) is 6.54 Å². The SMILES string of the molecule is CC#CCCC(NCC)c1ncc(C)cn1. The van der Waals surface area contributed by atoms with Crippen molar-refractivity contribution >= 4 is 0 Å². The largest absolute Gasteiger partial charge is 0.308 e. The van der Waals surface area contributed by atoms with E-state index in [1.165, 1.54) is 0 Å². The van der Waals surface area contributed by atoms with Crippen molar-refractivity contribution in [2.24, 2.45) is 0 Å². The van der Waals surface area contributed by atoms with E-state index >= 15 is 0 Å². The standard InChI is InChI=1S/C13H19N3/c1-4-6-7-8-12(14-5-2)13-15-9-11(3)10-16-13/h9-10,12,14H,5,7-8H2,1-3H3. The van der Waals surface area contributed by atoms with Crippen LogP contribution in [0.1, 0.15) is 44.1 Å². The van der Waals surface area contributed by atoms with Gasteiger partial charge in [-0.1, -0.05) is 6.92 Å². The van der Waals surface area contributed by atoms with E-state index in [4.69, 9.17) is 0 Å². The Morgan fingerprint density at radius 3 is 2.62 bits per heavy atom. The van der Waals surface area contributed by atoms with Gasteiger partial charge in [0.05, 0.1) is 6.04 Å². The van der Waals surface area contributed by atoms with E-state index in [0.717, 1.165) is 30.8 Å². The van der Waals surface area contributed by atoms with Crippen LogP contribution in [0.25, 0.3) is 0 Å². The van der Waals surface area contributed by atoms with Gasteiger partial charge in [0.1, 0.15) is 5.82 Å². The number of nitrogens with one attached hydrogen (secondary N) is 1. The first-order chi connectivity index (χ1) is 7.77. The van der Waals surface area contributed by atoms with Gasteiger partial charge in [0, 0.05) is 18.8 Å². The minimum absolute atomic E-state index is 0.214. The highest BCUT2D eigenvalue weighted by atomic mass is 15.0. The Balaban J connectivity index is 2.67. The number of hydrogen-bond donors (Lipinski definition) is 1. The molecule has 0 saturated heterocycles. The Morgan fingerprint density at radius 1 is 1.38 bits per heavy atom. The summed E-state index contributed by atoms with van der Waals surface area (Å²) in [4.78, 5) is 8.71. The molecule has 3 heteroatoms. The number of aromatic nitrogens is 2. The fourth-order valence-electron chi connectivity index (χ4n) is 1.49. The van der Waals surface area contributed by atoms with E-state index in [9.17, 15) is 0 Å². The highest BCUT2D eigenvalue weighted by Crippen LogP contribution is 2.13. The third-order valence-electron chi connectivity index (χ3n) is 2.30. The predicted molar refractivity (Wildman–Crippen MR) is 65.9 cm³/mol. The van der Waals surface area contributed by atoms with Crippen molar-refractivity contribution in [3.05, 3.63) is 23.8 Å². The van der Waals surface area contributed by atoms with Gasteiger partial charge in [-0.2, -0.15) is 0 Å². The molecule has 0 radical (unpaired) electrons. The lowest BCUT2D eigenvalue weighted by molar-refractivity contribution is 0.496. The van der Waals surface area contributed by atoms with Crippen molar-refractivity contribution in [1.82, 2.24) is 15.3 Å². The Hall–Kier alpha value is -1.40. The third kappa shape index (κ3) is 4.00. The van der Waals surface area contributed by atoms with Gasteiger partial charge in [0.2, 0.25) is 0 Å². The quantitative estimate of drug-likeness (QED) is 0.769. The highest BCUT2D eigenvalue weighted by molar-refractivity contribution is 5.05. The molecule has 3 nitrogen and oxygen atoms in total. The molecule has 1 atom stereocenters. The first-order valence-corrected chi connectivity index (χ1v) is 5.69. The first kappa shape index (κ1) is 12.7. The topological polar surface area (TPSA) is 37.8 Å². The molecule has 1 aromatic rings. The van der Waals surface area contributed by atoms with Gasteiger partial charge in [0.15, 0.2) is 0 Å². The monoisotopic (exact) mass is 217 g/mol. The molecule has 0 aliphatic carbocycles. The van der Waals surface area contributed by atoms with Crippen molar-refractivity contribution in [3.8, 4) is 11.8 Å². The molecule has 0 amide bonds. The van der Waals surface area contributed by atoms with Gasteiger partial charge in [-0.05, 0) is 32.4 Å². The summed E-state index contributed by atoms with van der Waals surface area (Å²) in [6.45, 7) is 6.87. The lowest BCUT2D eigenvalue weighted by Gasteiger charge is -2.14. The summed E-state index contributed by atoms with van der Waals surface area (Å²) >= 11 is 0. The fourth-order valence-corrected chi connectivity index (χ4v) is 1.49. The molecule has 0 aliphatic heterocycles. The maximum atomic E-state index is 4.35. The van der Waals surface area contributed by atoms with E-state index in [-0.39, 0.29) is 6.04 Å². The second kappa shape index (κ2) is 6.97. The van der Waals surface area contributed by atoms with E-state index in [1.807, 2.05) is 26.2 Å². The van der Waals surface area contributed by atoms with E-state index in [0.29, 0.717) is 0 Å². The molecule has 1 N–H and O–H groups in total. The molecule has 0 fully saturated rings. The Bertz CT molecular complexity index is 359. The second-order valence-corrected chi connectivity index (χ2v) is 3.69. The van der Waals surface area contributed by atoms with Crippen LogP contribution in [0.2, 0.25) is 0 Å². The highest BCUT2D eigenvalue weighted by Gasteiger charge is 2.11. The van der Waals surface area contributed by atoms with Crippen molar-refractivity contribution in [2.45, 2.75) is 39.7 Å². The zero-order chi connectivity index (χ0) is 11.8. The van der Waals surface area contributed by atoms with Gasteiger partial charge in [-0.25, -0.2) is 9.97 Å². The zero-order valence-electron chi connectivity index (χ0n) is 10.2. The van der Waals surface area contributed by atoms with E-state index < -0.39 is 0 Å². The summed E-state index contributed by atoms with van der Waals surface area (Å²) in [6.07, 6.45) is 5.56. The molecular formula is C13H19N3. The normalized spacial score (nSPS) is 11.7. The molecule has 0 bridgehead atoms. The number of hydrogen-bond acceptors (Lipinski definition) is 3. The minimum atomic E-state index is 0.214. The minimum Gasteiger partial charge on any atom is -0.308 e. The van der Waals surface area contributed by atoms with Crippen LogP contribution in [0.15, 0.2) is 12.4 Å². The molecular weight excluding hydrogens is 198 g/mol. The Morgan fingerprint density at radius 2 is 2.06 bits per heavy atom. The number of aryl methyl sites for hydroxylation is 1. The van der Waals surface area contributed by atoms with Gasteiger partial charge in [-0.15, -0.1) is 11.8 Å². The van der Waals surface area contributed by atoms with Crippen LogP contribution in [-0.4, -0.2) is 16.5 Å².